The topological polar surface area (TPSA) is 33.0 Å². The SMILES string of the molecule is N#CC(C1CC1)C1COC1. The lowest BCUT2D eigenvalue weighted by Crippen LogP contribution is -2.34. The molecule has 1 saturated heterocycles. The van der Waals surface area contributed by atoms with Crippen molar-refractivity contribution in [2.75, 3.05) is 13.2 Å². The largest absolute Gasteiger partial charge is 0.381 e. The fraction of sp³-hybridized carbons (Fsp3) is 0.875. The van der Waals surface area contributed by atoms with Crippen molar-refractivity contribution in [3.05, 3.63) is 0 Å². The number of rotatable bonds is 2. The maximum absolute atomic E-state index is 8.77. The second kappa shape index (κ2) is 2.25. The Morgan fingerprint density at radius 1 is 1.30 bits per heavy atom. The van der Waals surface area contributed by atoms with E-state index in [-0.39, 0.29) is 0 Å². The molecule has 0 spiro atoms. The van der Waals surface area contributed by atoms with Crippen LogP contribution in [0.5, 0.6) is 0 Å². The van der Waals surface area contributed by atoms with E-state index in [0.717, 1.165) is 19.1 Å². The Balaban J connectivity index is 1.91. The first-order valence-electron chi connectivity index (χ1n) is 3.89. The molecule has 0 bridgehead atoms. The van der Waals surface area contributed by atoms with Crippen LogP contribution in [0.2, 0.25) is 0 Å². The van der Waals surface area contributed by atoms with E-state index in [2.05, 4.69) is 6.07 Å². The molecule has 54 valence electrons. The standard InChI is InChI=1S/C8H11NO/c9-3-8(6-1-2-6)7-4-10-5-7/h6-8H,1-2,4-5H2. The van der Waals surface area contributed by atoms with Gasteiger partial charge in [0.2, 0.25) is 0 Å². The predicted molar refractivity (Wildman–Crippen MR) is 36.1 cm³/mol. The Morgan fingerprint density at radius 2 is 2.00 bits per heavy atom. The van der Waals surface area contributed by atoms with Crippen LogP contribution in [0.4, 0.5) is 0 Å². The molecule has 2 heteroatoms. The summed E-state index contributed by atoms with van der Waals surface area (Å²) in [5.74, 6) is 1.60. The van der Waals surface area contributed by atoms with Crippen LogP contribution in [-0.4, -0.2) is 13.2 Å². The Bertz CT molecular complexity index is 165. The minimum Gasteiger partial charge on any atom is -0.381 e. The van der Waals surface area contributed by atoms with Gasteiger partial charge >= 0.3 is 0 Å². The van der Waals surface area contributed by atoms with Gasteiger partial charge in [-0.3, -0.25) is 0 Å². The van der Waals surface area contributed by atoms with Gasteiger partial charge in [-0.15, -0.1) is 0 Å². The van der Waals surface area contributed by atoms with E-state index < -0.39 is 0 Å². The normalized spacial score (nSPS) is 28.7. The summed E-state index contributed by atoms with van der Waals surface area (Å²) in [6.45, 7) is 1.66. The van der Waals surface area contributed by atoms with Gasteiger partial charge in [0, 0.05) is 5.92 Å². The molecule has 1 atom stereocenters. The summed E-state index contributed by atoms with van der Waals surface area (Å²) < 4.78 is 5.04. The fourth-order valence-electron chi connectivity index (χ4n) is 1.51. The summed E-state index contributed by atoms with van der Waals surface area (Å²) in [7, 11) is 0. The van der Waals surface area contributed by atoms with Gasteiger partial charge in [-0.05, 0) is 18.8 Å². The predicted octanol–water partition coefficient (Wildman–Crippen LogP) is 1.18. The maximum atomic E-state index is 8.77. The molecule has 1 unspecified atom stereocenters. The first kappa shape index (κ1) is 6.18. The van der Waals surface area contributed by atoms with Crippen molar-refractivity contribution in [1.29, 1.82) is 5.26 Å². The number of nitriles is 1. The summed E-state index contributed by atoms with van der Waals surface area (Å²) >= 11 is 0. The highest BCUT2D eigenvalue weighted by molar-refractivity contribution is 4.99. The monoisotopic (exact) mass is 137 g/mol. The summed E-state index contributed by atoms with van der Waals surface area (Å²) in [5, 5.41) is 8.77. The third-order valence-corrected chi connectivity index (χ3v) is 2.45. The van der Waals surface area contributed by atoms with Crippen LogP contribution in [-0.2, 0) is 4.74 Å². The van der Waals surface area contributed by atoms with E-state index in [1.54, 1.807) is 0 Å². The van der Waals surface area contributed by atoms with Crippen molar-refractivity contribution >= 4 is 0 Å². The molecule has 0 aromatic heterocycles. The molecule has 0 radical (unpaired) electrons. The molecule has 2 rings (SSSR count). The highest BCUT2D eigenvalue weighted by atomic mass is 16.5. The zero-order valence-corrected chi connectivity index (χ0v) is 5.92. The Morgan fingerprint density at radius 3 is 2.30 bits per heavy atom. The summed E-state index contributed by atoms with van der Waals surface area (Å²) in [4.78, 5) is 0. The lowest BCUT2D eigenvalue weighted by molar-refractivity contribution is -0.0536. The lowest BCUT2D eigenvalue weighted by Gasteiger charge is -2.29. The van der Waals surface area contributed by atoms with Crippen LogP contribution in [0.25, 0.3) is 0 Å². The first-order chi connectivity index (χ1) is 4.92. The molecule has 0 N–H and O–H groups in total. The fourth-order valence-corrected chi connectivity index (χ4v) is 1.51. The Labute approximate surface area is 60.8 Å². The number of ether oxygens (including phenoxy) is 1. The van der Waals surface area contributed by atoms with Crippen molar-refractivity contribution in [1.82, 2.24) is 0 Å². The number of hydrogen-bond donors (Lipinski definition) is 0. The van der Waals surface area contributed by atoms with Gasteiger partial charge in [0.15, 0.2) is 0 Å². The Hall–Kier alpha value is -0.550. The van der Waals surface area contributed by atoms with E-state index in [1.165, 1.54) is 12.8 Å². The molecule has 1 aliphatic carbocycles. The van der Waals surface area contributed by atoms with Gasteiger partial charge in [0.1, 0.15) is 0 Å². The molecular formula is C8H11NO. The lowest BCUT2D eigenvalue weighted by atomic mass is 9.88. The summed E-state index contributed by atoms with van der Waals surface area (Å²) in [6, 6.07) is 2.39. The molecule has 2 aliphatic rings. The van der Waals surface area contributed by atoms with E-state index in [9.17, 15) is 0 Å². The number of hydrogen-bond acceptors (Lipinski definition) is 2. The molecular weight excluding hydrogens is 126 g/mol. The van der Waals surface area contributed by atoms with Crippen molar-refractivity contribution in [2.45, 2.75) is 12.8 Å². The Kier molecular flexibility index (Phi) is 1.39. The molecule has 2 nitrogen and oxygen atoms in total. The van der Waals surface area contributed by atoms with Gasteiger partial charge in [0.25, 0.3) is 0 Å². The van der Waals surface area contributed by atoms with Crippen LogP contribution in [0, 0.1) is 29.1 Å². The second-order valence-electron chi connectivity index (χ2n) is 3.29. The average molecular weight is 137 g/mol. The maximum Gasteiger partial charge on any atom is 0.0663 e. The molecule has 0 aromatic carbocycles. The van der Waals surface area contributed by atoms with E-state index in [4.69, 9.17) is 10.00 Å². The minimum absolute atomic E-state index is 0.314. The molecule has 1 heterocycles. The van der Waals surface area contributed by atoms with Crippen molar-refractivity contribution in [3.8, 4) is 6.07 Å². The van der Waals surface area contributed by atoms with Crippen LogP contribution >= 0.6 is 0 Å². The van der Waals surface area contributed by atoms with Crippen LogP contribution in [0.3, 0.4) is 0 Å². The smallest absolute Gasteiger partial charge is 0.0663 e. The minimum atomic E-state index is 0.314. The van der Waals surface area contributed by atoms with Gasteiger partial charge in [-0.1, -0.05) is 0 Å². The molecule has 0 aromatic rings. The van der Waals surface area contributed by atoms with E-state index in [1.807, 2.05) is 0 Å². The average Bonchev–Trinajstić information content (AvgIpc) is 2.58. The van der Waals surface area contributed by atoms with Gasteiger partial charge in [0.05, 0.1) is 25.2 Å². The van der Waals surface area contributed by atoms with E-state index in [0.29, 0.717) is 11.8 Å². The van der Waals surface area contributed by atoms with Crippen LogP contribution < -0.4 is 0 Å². The quantitative estimate of drug-likeness (QED) is 0.572. The van der Waals surface area contributed by atoms with Crippen LogP contribution in [0.15, 0.2) is 0 Å². The molecule has 1 aliphatic heterocycles. The van der Waals surface area contributed by atoms with Gasteiger partial charge < -0.3 is 4.74 Å². The number of nitrogens with zero attached hydrogens (tertiary/aromatic N) is 1. The van der Waals surface area contributed by atoms with E-state index >= 15 is 0 Å². The first-order valence-corrected chi connectivity index (χ1v) is 3.89. The van der Waals surface area contributed by atoms with Crippen molar-refractivity contribution in [2.24, 2.45) is 17.8 Å². The second-order valence-corrected chi connectivity index (χ2v) is 3.29. The third kappa shape index (κ3) is 0.911. The molecule has 10 heavy (non-hydrogen) atoms. The van der Waals surface area contributed by atoms with Gasteiger partial charge in [-0.25, -0.2) is 0 Å². The molecule has 2 fully saturated rings. The van der Waals surface area contributed by atoms with Crippen molar-refractivity contribution < 1.29 is 4.74 Å². The summed E-state index contributed by atoms with van der Waals surface area (Å²) in [5.41, 5.74) is 0. The molecule has 1 saturated carbocycles. The van der Waals surface area contributed by atoms with Crippen molar-refractivity contribution in [3.63, 3.8) is 0 Å². The zero-order chi connectivity index (χ0) is 6.97. The highest BCUT2D eigenvalue weighted by Crippen LogP contribution is 2.42. The zero-order valence-electron chi connectivity index (χ0n) is 5.92. The van der Waals surface area contributed by atoms with Crippen LogP contribution in [0.1, 0.15) is 12.8 Å². The molecule has 0 amide bonds. The third-order valence-electron chi connectivity index (χ3n) is 2.45. The highest BCUT2D eigenvalue weighted by Gasteiger charge is 2.39. The van der Waals surface area contributed by atoms with Gasteiger partial charge in [-0.2, -0.15) is 5.26 Å². The summed E-state index contributed by atoms with van der Waals surface area (Å²) in [6.07, 6.45) is 2.55.